The van der Waals surface area contributed by atoms with Gasteiger partial charge in [-0.15, -0.1) is 0 Å². The smallest absolute Gasteiger partial charge is 0.205 e. The van der Waals surface area contributed by atoms with E-state index in [-0.39, 0.29) is 11.2 Å². The van der Waals surface area contributed by atoms with Gasteiger partial charge >= 0.3 is 0 Å². The van der Waals surface area contributed by atoms with Gasteiger partial charge in [-0.05, 0) is 42.9 Å². The summed E-state index contributed by atoms with van der Waals surface area (Å²) >= 11 is 0. The molecule has 1 aliphatic heterocycles. The lowest BCUT2D eigenvalue weighted by molar-refractivity contribution is 0.0320. The Morgan fingerprint density at radius 3 is 2.44 bits per heavy atom. The number of rotatable bonds is 10. The van der Waals surface area contributed by atoms with Crippen LogP contribution >= 0.6 is 0 Å². The van der Waals surface area contributed by atoms with E-state index in [1.807, 2.05) is 19.1 Å². The van der Waals surface area contributed by atoms with Gasteiger partial charge in [0.1, 0.15) is 6.61 Å². The maximum atomic E-state index is 12.7. The molecule has 1 aromatic heterocycles. The lowest BCUT2D eigenvalue weighted by Gasteiger charge is -2.27. The van der Waals surface area contributed by atoms with Crippen molar-refractivity contribution in [1.82, 2.24) is 4.90 Å². The first-order chi connectivity index (χ1) is 16.4. The van der Waals surface area contributed by atoms with Gasteiger partial charge in [0.25, 0.3) is 0 Å². The topological polar surface area (TPSA) is 61.1 Å². The Kier molecular flexibility index (Phi) is 7.59. The molecule has 0 N–H and O–H groups in total. The number of ketones is 1. The molecule has 4 rings (SSSR count). The number of hydrogen-bond acceptors (Lipinski definition) is 6. The van der Waals surface area contributed by atoms with Crippen molar-refractivity contribution in [3.63, 3.8) is 0 Å². The fourth-order valence-electron chi connectivity index (χ4n) is 4.54. The van der Waals surface area contributed by atoms with E-state index >= 15 is 0 Å². The van der Waals surface area contributed by atoms with Crippen LogP contribution in [0.2, 0.25) is 0 Å². The van der Waals surface area contributed by atoms with Gasteiger partial charge in [-0.25, -0.2) is 0 Å². The number of aryl methyl sites for hydroxylation is 1. The molecule has 6 heteroatoms. The second-order valence-corrected chi connectivity index (χ2v) is 9.53. The average molecular weight is 466 g/mol. The summed E-state index contributed by atoms with van der Waals surface area (Å²) in [6.07, 6.45) is 2.44. The molecule has 0 radical (unpaired) electrons. The van der Waals surface area contributed by atoms with Crippen molar-refractivity contribution in [2.45, 2.75) is 39.5 Å². The third kappa shape index (κ3) is 5.29. The molecule has 0 spiro atoms. The summed E-state index contributed by atoms with van der Waals surface area (Å²) in [4.78, 5) is 15.0. The van der Waals surface area contributed by atoms with Crippen molar-refractivity contribution >= 4 is 16.8 Å². The maximum absolute atomic E-state index is 12.7. The number of hydrogen-bond donors (Lipinski definition) is 0. The Labute approximate surface area is 201 Å². The molecule has 0 unspecified atom stereocenters. The predicted octanol–water partition coefficient (Wildman–Crippen LogP) is 5.40. The molecule has 0 aliphatic carbocycles. The molecule has 1 saturated heterocycles. The van der Waals surface area contributed by atoms with Gasteiger partial charge in [-0.1, -0.05) is 44.2 Å². The summed E-state index contributed by atoms with van der Waals surface area (Å²) in [5.41, 5.74) is 3.25. The normalized spacial score (nSPS) is 14.9. The van der Waals surface area contributed by atoms with E-state index < -0.39 is 0 Å². The van der Waals surface area contributed by atoms with E-state index in [9.17, 15) is 4.79 Å². The zero-order valence-electron chi connectivity index (χ0n) is 20.7. The number of Topliss-reactive ketones (excluding diaryl/α,β-unsaturated/α-hetero) is 1. The van der Waals surface area contributed by atoms with Crippen molar-refractivity contribution in [2.75, 3.05) is 46.1 Å². The van der Waals surface area contributed by atoms with E-state index in [1.165, 1.54) is 5.56 Å². The van der Waals surface area contributed by atoms with Crippen molar-refractivity contribution in [2.24, 2.45) is 0 Å². The molecule has 1 aliphatic rings. The Bertz CT molecular complexity index is 1110. The standard InChI is InChI=1S/C28H35NO5/c1-20-23-10-15-32-25(23)27(33-16-11-28(3,4)22-8-6-5-7-9-22)26(24(20)21(2)30)34-19-14-29-12-17-31-18-13-29/h5-10,15H,11-14,16-19H2,1-4H3. The van der Waals surface area contributed by atoms with Crippen molar-refractivity contribution in [3.05, 3.63) is 59.4 Å². The third-order valence-corrected chi connectivity index (χ3v) is 6.72. The Balaban J connectivity index is 1.58. The minimum Gasteiger partial charge on any atom is -0.487 e. The molecule has 0 bridgehead atoms. The molecule has 0 amide bonds. The lowest BCUT2D eigenvalue weighted by atomic mass is 9.82. The van der Waals surface area contributed by atoms with Gasteiger partial charge in [-0.2, -0.15) is 0 Å². The number of carbonyl (C=O) groups is 1. The van der Waals surface area contributed by atoms with Gasteiger partial charge < -0.3 is 18.6 Å². The van der Waals surface area contributed by atoms with Crippen LogP contribution in [0.5, 0.6) is 11.5 Å². The predicted molar refractivity (Wildman–Crippen MR) is 133 cm³/mol. The minimum absolute atomic E-state index is 0.0450. The molecular formula is C28H35NO5. The Hall–Kier alpha value is -2.83. The highest BCUT2D eigenvalue weighted by Gasteiger charge is 2.26. The van der Waals surface area contributed by atoms with Crippen molar-refractivity contribution in [1.29, 1.82) is 0 Å². The monoisotopic (exact) mass is 465 g/mol. The fraction of sp³-hybridized carbons (Fsp3) is 0.464. The van der Waals surface area contributed by atoms with Crippen LogP contribution in [0.3, 0.4) is 0 Å². The van der Waals surface area contributed by atoms with Crippen LogP contribution in [0.4, 0.5) is 0 Å². The Morgan fingerprint density at radius 1 is 1.03 bits per heavy atom. The number of fused-ring (bicyclic) bond motifs is 1. The average Bonchev–Trinajstić information content (AvgIpc) is 3.32. The van der Waals surface area contributed by atoms with Gasteiger partial charge in [0.2, 0.25) is 5.75 Å². The van der Waals surface area contributed by atoms with Crippen LogP contribution in [0.15, 0.2) is 47.1 Å². The minimum atomic E-state index is -0.0605. The highest BCUT2D eigenvalue weighted by atomic mass is 16.5. The highest BCUT2D eigenvalue weighted by molar-refractivity contribution is 6.05. The molecule has 2 aromatic carbocycles. The van der Waals surface area contributed by atoms with Crippen LogP contribution in [0.25, 0.3) is 11.0 Å². The van der Waals surface area contributed by atoms with Crippen LogP contribution in [-0.4, -0.2) is 56.7 Å². The molecule has 2 heterocycles. The van der Waals surface area contributed by atoms with Gasteiger partial charge in [0, 0.05) is 25.0 Å². The quantitative estimate of drug-likeness (QED) is 0.374. The number of ether oxygens (including phenoxy) is 3. The number of morpholine rings is 1. The maximum Gasteiger partial charge on any atom is 0.205 e. The summed E-state index contributed by atoms with van der Waals surface area (Å²) in [5.74, 6) is 0.955. The molecule has 6 nitrogen and oxygen atoms in total. The molecule has 182 valence electrons. The van der Waals surface area contributed by atoms with Crippen molar-refractivity contribution < 1.29 is 23.4 Å². The highest BCUT2D eigenvalue weighted by Crippen LogP contribution is 2.43. The van der Waals surface area contributed by atoms with Crippen LogP contribution in [0, 0.1) is 6.92 Å². The number of carbonyl (C=O) groups excluding carboxylic acids is 1. The molecule has 0 saturated carbocycles. The first kappa shape index (κ1) is 24.3. The van der Waals surface area contributed by atoms with E-state index in [4.69, 9.17) is 18.6 Å². The Morgan fingerprint density at radius 2 is 1.74 bits per heavy atom. The molecule has 1 fully saturated rings. The number of benzene rings is 2. The summed E-state index contributed by atoms with van der Waals surface area (Å²) in [5, 5.41) is 0.878. The SMILES string of the molecule is CC(=O)c1c(OCCN2CCOCC2)c(OCCC(C)(C)c2ccccc2)c2occc2c1C. The van der Waals surface area contributed by atoms with E-state index in [1.54, 1.807) is 13.2 Å². The van der Waals surface area contributed by atoms with Gasteiger partial charge in [0.15, 0.2) is 17.1 Å². The molecule has 34 heavy (non-hydrogen) atoms. The molecule has 3 aromatic rings. The van der Waals surface area contributed by atoms with Crippen LogP contribution < -0.4 is 9.47 Å². The third-order valence-electron chi connectivity index (χ3n) is 6.72. The summed E-state index contributed by atoms with van der Waals surface area (Å²) in [6.45, 7) is 12.9. The van der Waals surface area contributed by atoms with Gasteiger partial charge in [-0.3, -0.25) is 9.69 Å². The van der Waals surface area contributed by atoms with Crippen molar-refractivity contribution in [3.8, 4) is 11.5 Å². The first-order valence-corrected chi connectivity index (χ1v) is 12.0. The van der Waals surface area contributed by atoms with E-state index in [2.05, 4.69) is 43.0 Å². The molecule has 0 atom stereocenters. The summed E-state index contributed by atoms with van der Waals surface area (Å²) in [7, 11) is 0. The van der Waals surface area contributed by atoms with Crippen LogP contribution in [-0.2, 0) is 10.2 Å². The second-order valence-electron chi connectivity index (χ2n) is 9.53. The zero-order chi connectivity index (χ0) is 24.1. The van der Waals surface area contributed by atoms with Crippen LogP contribution in [0.1, 0.15) is 48.7 Å². The second kappa shape index (κ2) is 10.6. The summed E-state index contributed by atoms with van der Waals surface area (Å²) in [6, 6.07) is 12.3. The molecular weight excluding hydrogens is 430 g/mol. The van der Waals surface area contributed by atoms with E-state index in [0.29, 0.717) is 35.9 Å². The van der Waals surface area contributed by atoms with E-state index in [0.717, 1.165) is 50.2 Å². The number of nitrogens with zero attached hydrogens (tertiary/aromatic N) is 1. The lowest BCUT2D eigenvalue weighted by Crippen LogP contribution is -2.38. The largest absolute Gasteiger partial charge is 0.487 e. The zero-order valence-corrected chi connectivity index (χ0v) is 20.7. The van der Waals surface area contributed by atoms with Gasteiger partial charge in [0.05, 0.1) is 31.6 Å². The fourth-order valence-corrected chi connectivity index (χ4v) is 4.54. The summed E-state index contributed by atoms with van der Waals surface area (Å²) < 4.78 is 23.9. The number of furan rings is 1. The first-order valence-electron chi connectivity index (χ1n) is 12.0.